The third kappa shape index (κ3) is 6.25. The fraction of sp³-hybridized carbons (Fsp3) is 0. The fourth-order valence-electron chi connectivity index (χ4n) is 7.24. The van der Waals surface area contributed by atoms with Crippen molar-refractivity contribution in [1.29, 1.82) is 0 Å². The first-order chi connectivity index (χ1) is 27.6. The number of para-hydroxylation sites is 1. The van der Waals surface area contributed by atoms with Gasteiger partial charge in [-0.3, -0.25) is 0 Å². The second-order valence-corrected chi connectivity index (χ2v) is 13.7. The number of anilines is 1. The summed E-state index contributed by atoms with van der Waals surface area (Å²) in [6, 6.07) is 63.7. The van der Waals surface area contributed by atoms with Gasteiger partial charge in [0.05, 0.1) is 0 Å². The summed E-state index contributed by atoms with van der Waals surface area (Å²) in [6.07, 6.45) is 0. The molecule has 0 aliphatic carbocycles. The number of hydrogen-bond acceptors (Lipinski definition) is 6. The quantitative estimate of drug-likeness (QED) is 0.165. The summed E-state index contributed by atoms with van der Waals surface area (Å²) in [4.78, 5) is 19.9. The maximum absolute atomic E-state index is 6.35. The molecule has 8 aromatic carbocycles. The Bertz CT molecular complexity index is 3040. The van der Waals surface area contributed by atoms with Crippen molar-refractivity contribution in [3.8, 4) is 79.0 Å². The van der Waals surface area contributed by atoms with Gasteiger partial charge in [-0.2, -0.15) is 0 Å². The van der Waals surface area contributed by atoms with Crippen LogP contribution >= 0.6 is 0 Å². The molecular formula is C50H33N5O. The number of nitrogen functional groups attached to an aromatic ring is 1. The molecule has 0 bridgehead atoms. The predicted octanol–water partition coefficient (Wildman–Crippen LogP) is 12.4. The Kier molecular flexibility index (Phi) is 8.19. The molecule has 0 saturated heterocycles. The zero-order valence-corrected chi connectivity index (χ0v) is 30.2. The van der Waals surface area contributed by atoms with Crippen molar-refractivity contribution < 1.29 is 4.42 Å². The largest absolute Gasteiger partial charge is 0.435 e. The number of benzene rings is 8. The van der Waals surface area contributed by atoms with Gasteiger partial charge in [-0.1, -0.05) is 152 Å². The molecule has 6 heteroatoms. The first-order valence-electron chi connectivity index (χ1n) is 18.5. The number of oxazole rings is 1. The van der Waals surface area contributed by atoms with E-state index in [2.05, 4.69) is 91.0 Å². The van der Waals surface area contributed by atoms with Crippen molar-refractivity contribution in [2.24, 2.45) is 0 Å². The summed E-state index contributed by atoms with van der Waals surface area (Å²) >= 11 is 0. The molecule has 0 amide bonds. The molecule has 0 atom stereocenters. The zero-order chi connectivity index (χ0) is 37.4. The minimum absolute atomic E-state index is 0.596. The summed E-state index contributed by atoms with van der Waals surface area (Å²) in [7, 11) is 0. The van der Waals surface area contributed by atoms with Gasteiger partial charge in [0, 0.05) is 38.9 Å². The van der Waals surface area contributed by atoms with E-state index in [0.717, 1.165) is 83.2 Å². The Morgan fingerprint density at radius 3 is 1.62 bits per heavy atom. The van der Waals surface area contributed by atoms with Crippen molar-refractivity contribution in [3.05, 3.63) is 188 Å². The van der Waals surface area contributed by atoms with Crippen LogP contribution in [0.1, 0.15) is 0 Å². The highest BCUT2D eigenvalue weighted by molar-refractivity contribution is 6.03. The van der Waals surface area contributed by atoms with Gasteiger partial charge in [0.15, 0.2) is 23.1 Å². The number of aromatic nitrogens is 4. The molecule has 0 fully saturated rings. The molecular weight excluding hydrogens is 687 g/mol. The van der Waals surface area contributed by atoms with E-state index >= 15 is 0 Å². The van der Waals surface area contributed by atoms with Gasteiger partial charge in [-0.05, 0) is 69.6 Å². The van der Waals surface area contributed by atoms with Crippen LogP contribution in [0.3, 0.4) is 0 Å². The molecule has 6 nitrogen and oxygen atoms in total. The van der Waals surface area contributed by atoms with Crippen molar-refractivity contribution in [2.75, 3.05) is 5.73 Å². The average molecular weight is 720 g/mol. The first kappa shape index (κ1) is 32.9. The topological polar surface area (TPSA) is 90.7 Å². The molecule has 0 aliphatic heterocycles. The zero-order valence-electron chi connectivity index (χ0n) is 30.2. The lowest BCUT2D eigenvalue weighted by Gasteiger charge is -2.11. The van der Waals surface area contributed by atoms with Crippen LogP contribution in [0.25, 0.3) is 101 Å². The van der Waals surface area contributed by atoms with E-state index in [1.54, 1.807) is 0 Å². The highest BCUT2D eigenvalue weighted by Crippen LogP contribution is 2.35. The highest BCUT2D eigenvalue weighted by atomic mass is 16.3. The second-order valence-electron chi connectivity index (χ2n) is 13.7. The van der Waals surface area contributed by atoms with Gasteiger partial charge in [0.25, 0.3) is 0 Å². The maximum Gasteiger partial charge on any atom is 0.227 e. The Hall–Kier alpha value is -7.70. The van der Waals surface area contributed by atoms with Gasteiger partial charge in [-0.25, -0.2) is 19.9 Å². The molecule has 264 valence electrons. The smallest absolute Gasteiger partial charge is 0.227 e. The molecule has 2 aromatic heterocycles. The lowest BCUT2D eigenvalue weighted by atomic mass is 9.97. The van der Waals surface area contributed by atoms with E-state index in [-0.39, 0.29) is 0 Å². The van der Waals surface area contributed by atoms with Crippen molar-refractivity contribution in [3.63, 3.8) is 0 Å². The summed E-state index contributed by atoms with van der Waals surface area (Å²) in [5, 5.41) is 2.18. The van der Waals surface area contributed by atoms with Crippen LogP contribution in [-0.2, 0) is 0 Å². The third-order valence-corrected chi connectivity index (χ3v) is 10.1. The monoisotopic (exact) mass is 719 g/mol. The first-order valence-corrected chi connectivity index (χ1v) is 18.5. The van der Waals surface area contributed by atoms with Crippen LogP contribution in [0.4, 0.5) is 5.69 Å². The molecule has 2 N–H and O–H groups in total. The lowest BCUT2D eigenvalue weighted by Crippen LogP contribution is -2.00. The molecule has 0 radical (unpaired) electrons. The molecule has 0 spiro atoms. The fourth-order valence-corrected chi connectivity index (χ4v) is 7.24. The highest BCUT2D eigenvalue weighted by Gasteiger charge is 2.15. The van der Waals surface area contributed by atoms with E-state index in [9.17, 15) is 0 Å². The summed E-state index contributed by atoms with van der Waals surface area (Å²) in [5.41, 5.74) is 18.7. The molecule has 0 unspecified atom stereocenters. The Labute approximate surface area is 323 Å². The van der Waals surface area contributed by atoms with Crippen LogP contribution in [-0.4, -0.2) is 19.9 Å². The number of rotatable bonds is 7. The summed E-state index contributed by atoms with van der Waals surface area (Å²) in [6.45, 7) is 0. The van der Waals surface area contributed by atoms with Crippen molar-refractivity contribution >= 4 is 27.6 Å². The van der Waals surface area contributed by atoms with Gasteiger partial charge in [0.2, 0.25) is 5.89 Å². The molecule has 2 heterocycles. The molecule has 10 aromatic rings. The predicted molar refractivity (Wildman–Crippen MR) is 227 cm³/mol. The van der Waals surface area contributed by atoms with Crippen molar-refractivity contribution in [2.45, 2.75) is 0 Å². The van der Waals surface area contributed by atoms with E-state index in [1.807, 2.05) is 97.1 Å². The standard InChI is InChI=1S/C50H33N5O/c51-44-22-7-6-20-42(44)39-17-8-15-37(29-39)38-16-9-18-40(30-38)49-54-47(34-12-2-1-3-13-34)53-48(55-49)35-25-23-32(24-26-35)36-14-10-19-41(31-36)50-52-45-28-27-33-11-4-5-21-43(33)46(45)56-50/h1-31H,51H2. The van der Waals surface area contributed by atoms with Gasteiger partial charge < -0.3 is 10.2 Å². The lowest BCUT2D eigenvalue weighted by molar-refractivity contribution is 0.623. The van der Waals surface area contributed by atoms with Gasteiger partial charge in [0.1, 0.15) is 5.52 Å². The van der Waals surface area contributed by atoms with Crippen LogP contribution in [0, 0.1) is 0 Å². The molecule has 56 heavy (non-hydrogen) atoms. The van der Waals surface area contributed by atoms with Crippen molar-refractivity contribution in [1.82, 2.24) is 19.9 Å². The normalized spacial score (nSPS) is 11.3. The van der Waals surface area contributed by atoms with E-state index in [4.69, 9.17) is 30.1 Å². The maximum atomic E-state index is 6.35. The van der Waals surface area contributed by atoms with E-state index in [0.29, 0.717) is 23.4 Å². The average Bonchev–Trinajstić information content (AvgIpc) is 3.72. The molecule has 0 saturated carbocycles. The number of nitrogens with zero attached hydrogens (tertiary/aromatic N) is 4. The number of nitrogens with two attached hydrogens (primary N) is 1. The van der Waals surface area contributed by atoms with Gasteiger partial charge >= 0.3 is 0 Å². The Balaban J connectivity index is 0.992. The number of hydrogen-bond donors (Lipinski definition) is 1. The second kappa shape index (κ2) is 13.9. The Morgan fingerprint density at radius 2 is 0.875 bits per heavy atom. The summed E-state index contributed by atoms with van der Waals surface area (Å²) in [5.74, 6) is 2.40. The van der Waals surface area contributed by atoms with Gasteiger partial charge in [-0.15, -0.1) is 0 Å². The molecule has 0 aliphatic rings. The van der Waals surface area contributed by atoms with Crippen LogP contribution in [0.15, 0.2) is 192 Å². The van der Waals surface area contributed by atoms with E-state index < -0.39 is 0 Å². The third-order valence-electron chi connectivity index (χ3n) is 10.1. The Morgan fingerprint density at radius 1 is 0.357 bits per heavy atom. The minimum atomic E-state index is 0.596. The van der Waals surface area contributed by atoms with Crippen LogP contribution in [0.5, 0.6) is 0 Å². The number of fused-ring (bicyclic) bond motifs is 3. The van der Waals surface area contributed by atoms with Crippen LogP contribution in [0.2, 0.25) is 0 Å². The molecule has 10 rings (SSSR count). The SMILES string of the molecule is Nc1ccccc1-c1cccc(-c2cccc(-c3nc(-c4ccccc4)nc(-c4ccc(-c5cccc(-c6nc7ccc8ccccc8c7o6)c5)cc4)n3)c2)c1. The van der Waals surface area contributed by atoms with Crippen LogP contribution < -0.4 is 5.73 Å². The minimum Gasteiger partial charge on any atom is -0.435 e. The summed E-state index contributed by atoms with van der Waals surface area (Å²) < 4.78 is 6.35. The van der Waals surface area contributed by atoms with E-state index in [1.165, 1.54) is 0 Å².